The van der Waals surface area contributed by atoms with Gasteiger partial charge in [0.15, 0.2) is 5.78 Å². The number of rotatable bonds is 0. The van der Waals surface area contributed by atoms with Crippen molar-refractivity contribution in [2.24, 2.45) is 0 Å². The van der Waals surface area contributed by atoms with E-state index in [0.717, 1.165) is 11.1 Å². The quantitative estimate of drug-likeness (QED) is 0.650. The standard InChI is InChI=1S/C15H22O5/c1-8-9-5-6-14(4,18)12(17)11(9)19-15(8)10(16)7-13(2,3)20-15/h11-12,17-18H,5-7H2,1-4H3/t11-,12+,14-,15+/m0/s1. The lowest BCUT2D eigenvalue weighted by molar-refractivity contribution is -0.243. The molecule has 1 saturated carbocycles. The fourth-order valence-corrected chi connectivity index (χ4v) is 3.57. The molecule has 3 aliphatic rings. The van der Waals surface area contributed by atoms with Crippen molar-refractivity contribution in [3.8, 4) is 0 Å². The Kier molecular flexibility index (Phi) is 2.78. The minimum atomic E-state index is -1.36. The van der Waals surface area contributed by atoms with Crippen molar-refractivity contribution >= 4 is 5.78 Å². The highest BCUT2D eigenvalue weighted by Gasteiger charge is 2.62. The van der Waals surface area contributed by atoms with Crippen molar-refractivity contribution in [1.29, 1.82) is 0 Å². The normalized spacial score (nSPS) is 47.2. The molecule has 1 saturated heterocycles. The van der Waals surface area contributed by atoms with E-state index in [1.807, 2.05) is 20.8 Å². The Morgan fingerprint density at radius 2 is 1.95 bits per heavy atom. The second-order valence-electron chi connectivity index (χ2n) is 7.07. The van der Waals surface area contributed by atoms with Gasteiger partial charge in [-0.15, -0.1) is 0 Å². The first-order valence-electron chi connectivity index (χ1n) is 7.11. The molecule has 1 spiro atoms. The maximum atomic E-state index is 12.4. The number of aliphatic hydroxyl groups is 2. The second kappa shape index (κ2) is 3.91. The van der Waals surface area contributed by atoms with Crippen LogP contribution in [-0.4, -0.2) is 45.2 Å². The van der Waals surface area contributed by atoms with Gasteiger partial charge in [-0.25, -0.2) is 0 Å². The number of ketones is 1. The molecular formula is C15H22O5. The van der Waals surface area contributed by atoms with E-state index in [-0.39, 0.29) is 12.2 Å². The van der Waals surface area contributed by atoms with Crippen LogP contribution in [0.4, 0.5) is 0 Å². The largest absolute Gasteiger partial charge is 0.387 e. The summed E-state index contributed by atoms with van der Waals surface area (Å²) in [7, 11) is 0. The van der Waals surface area contributed by atoms with Crippen molar-refractivity contribution in [1.82, 2.24) is 0 Å². The molecule has 4 atom stereocenters. The SMILES string of the molecule is CC1=C2CC[C@](C)(O)[C@H](O)[C@H]2O[C@@]12OC(C)(C)CC2=O. The van der Waals surface area contributed by atoms with Crippen LogP contribution in [0.2, 0.25) is 0 Å². The third-order valence-electron chi connectivity index (χ3n) is 4.81. The van der Waals surface area contributed by atoms with Crippen LogP contribution in [0.1, 0.15) is 47.0 Å². The zero-order valence-corrected chi connectivity index (χ0v) is 12.4. The van der Waals surface area contributed by atoms with Gasteiger partial charge in [0.05, 0.1) is 11.2 Å². The third-order valence-corrected chi connectivity index (χ3v) is 4.81. The lowest BCUT2D eigenvalue weighted by atomic mass is 9.78. The molecule has 0 radical (unpaired) electrons. The van der Waals surface area contributed by atoms with Gasteiger partial charge in [-0.1, -0.05) is 0 Å². The van der Waals surface area contributed by atoms with Gasteiger partial charge in [-0.2, -0.15) is 0 Å². The molecular weight excluding hydrogens is 260 g/mol. The van der Waals surface area contributed by atoms with E-state index in [1.54, 1.807) is 6.92 Å². The molecule has 0 unspecified atom stereocenters. The highest BCUT2D eigenvalue weighted by atomic mass is 16.7. The van der Waals surface area contributed by atoms with Gasteiger partial charge in [-0.3, -0.25) is 4.79 Å². The summed E-state index contributed by atoms with van der Waals surface area (Å²) in [6.07, 6.45) is -0.345. The molecule has 20 heavy (non-hydrogen) atoms. The average molecular weight is 282 g/mol. The highest BCUT2D eigenvalue weighted by Crippen LogP contribution is 2.51. The molecule has 1 aliphatic carbocycles. The Hall–Kier alpha value is -0.750. The molecule has 0 bridgehead atoms. The van der Waals surface area contributed by atoms with Crippen molar-refractivity contribution < 1.29 is 24.5 Å². The first-order chi connectivity index (χ1) is 9.09. The van der Waals surface area contributed by atoms with Gasteiger partial charge in [0.1, 0.15) is 12.2 Å². The maximum absolute atomic E-state index is 12.4. The van der Waals surface area contributed by atoms with Crippen LogP contribution in [-0.2, 0) is 14.3 Å². The minimum absolute atomic E-state index is 0.103. The average Bonchev–Trinajstić information content (AvgIpc) is 2.71. The fourth-order valence-electron chi connectivity index (χ4n) is 3.57. The first-order valence-corrected chi connectivity index (χ1v) is 7.11. The molecule has 2 aliphatic heterocycles. The molecule has 5 nitrogen and oxygen atoms in total. The number of fused-ring (bicyclic) bond motifs is 1. The number of aliphatic hydroxyl groups excluding tert-OH is 1. The zero-order valence-electron chi connectivity index (χ0n) is 12.4. The van der Waals surface area contributed by atoms with Crippen LogP contribution < -0.4 is 0 Å². The molecule has 5 heteroatoms. The van der Waals surface area contributed by atoms with Crippen molar-refractivity contribution in [3.63, 3.8) is 0 Å². The van der Waals surface area contributed by atoms with Crippen molar-refractivity contribution in [2.75, 3.05) is 0 Å². The monoisotopic (exact) mass is 282 g/mol. The van der Waals surface area contributed by atoms with Crippen LogP contribution in [0.15, 0.2) is 11.1 Å². The predicted molar refractivity (Wildman–Crippen MR) is 71.0 cm³/mol. The molecule has 0 amide bonds. The molecule has 0 aromatic heterocycles. The topological polar surface area (TPSA) is 76.0 Å². The smallest absolute Gasteiger partial charge is 0.253 e. The number of carbonyl (C=O) groups is 1. The summed E-state index contributed by atoms with van der Waals surface area (Å²) in [4.78, 5) is 12.4. The Morgan fingerprint density at radius 3 is 2.50 bits per heavy atom. The van der Waals surface area contributed by atoms with E-state index in [4.69, 9.17) is 9.47 Å². The summed E-state index contributed by atoms with van der Waals surface area (Å²) in [6, 6.07) is 0. The lowest BCUT2D eigenvalue weighted by Gasteiger charge is -2.39. The van der Waals surface area contributed by atoms with E-state index in [1.165, 1.54) is 0 Å². The number of ether oxygens (including phenoxy) is 2. The fraction of sp³-hybridized carbons (Fsp3) is 0.800. The summed E-state index contributed by atoms with van der Waals surface area (Å²) in [5.41, 5.74) is -0.112. The van der Waals surface area contributed by atoms with E-state index in [2.05, 4.69) is 0 Å². The van der Waals surface area contributed by atoms with E-state index >= 15 is 0 Å². The molecule has 3 rings (SSSR count). The van der Waals surface area contributed by atoms with Crippen LogP contribution in [0, 0.1) is 0 Å². The van der Waals surface area contributed by atoms with E-state index in [9.17, 15) is 15.0 Å². The van der Waals surface area contributed by atoms with Crippen molar-refractivity contribution in [3.05, 3.63) is 11.1 Å². The molecule has 112 valence electrons. The van der Waals surface area contributed by atoms with Gasteiger partial charge in [-0.05, 0) is 51.7 Å². The van der Waals surface area contributed by atoms with Crippen LogP contribution >= 0.6 is 0 Å². The van der Waals surface area contributed by atoms with Crippen molar-refractivity contribution in [2.45, 2.75) is 76.2 Å². The minimum Gasteiger partial charge on any atom is -0.387 e. The zero-order chi connectivity index (χ0) is 14.9. The van der Waals surface area contributed by atoms with Gasteiger partial charge in [0.25, 0.3) is 5.79 Å². The number of Topliss-reactive ketones (excluding diaryl/α,β-unsaturated/α-hetero) is 1. The Labute approximate surface area is 118 Å². The summed E-state index contributed by atoms with van der Waals surface area (Å²) in [6.45, 7) is 7.14. The predicted octanol–water partition coefficient (Wildman–Crippen LogP) is 1.07. The summed E-state index contributed by atoms with van der Waals surface area (Å²) in [5.74, 6) is -1.46. The number of carbonyl (C=O) groups excluding carboxylic acids is 1. The van der Waals surface area contributed by atoms with Gasteiger partial charge < -0.3 is 19.7 Å². The molecule has 2 heterocycles. The van der Waals surface area contributed by atoms with Gasteiger partial charge in [0.2, 0.25) is 0 Å². The van der Waals surface area contributed by atoms with Gasteiger partial charge in [0, 0.05) is 6.42 Å². The maximum Gasteiger partial charge on any atom is 0.253 e. The Morgan fingerprint density at radius 1 is 1.30 bits per heavy atom. The third kappa shape index (κ3) is 1.73. The molecule has 0 aromatic carbocycles. The van der Waals surface area contributed by atoms with E-state index in [0.29, 0.717) is 12.8 Å². The Bertz CT molecular complexity index is 504. The number of hydrogen-bond donors (Lipinski definition) is 2. The van der Waals surface area contributed by atoms with Crippen LogP contribution in [0.3, 0.4) is 0 Å². The molecule has 0 aromatic rings. The number of hydrogen-bond acceptors (Lipinski definition) is 5. The van der Waals surface area contributed by atoms with Crippen LogP contribution in [0.5, 0.6) is 0 Å². The first kappa shape index (κ1) is 14.2. The molecule has 2 fully saturated rings. The Balaban J connectivity index is 2.01. The summed E-state index contributed by atoms with van der Waals surface area (Å²) in [5, 5.41) is 20.5. The van der Waals surface area contributed by atoms with Crippen LogP contribution in [0.25, 0.3) is 0 Å². The lowest BCUT2D eigenvalue weighted by Crippen LogP contribution is -2.52. The summed E-state index contributed by atoms with van der Waals surface area (Å²) >= 11 is 0. The molecule has 2 N–H and O–H groups in total. The van der Waals surface area contributed by atoms with E-state index < -0.39 is 29.2 Å². The second-order valence-corrected chi connectivity index (χ2v) is 7.07. The van der Waals surface area contributed by atoms with Gasteiger partial charge >= 0.3 is 0 Å². The summed E-state index contributed by atoms with van der Waals surface area (Å²) < 4.78 is 11.8. The highest BCUT2D eigenvalue weighted by molar-refractivity contribution is 5.92.